The lowest BCUT2D eigenvalue weighted by atomic mass is 10.6. The van der Waals surface area contributed by atoms with Gasteiger partial charge >= 0.3 is 11.9 Å². The molecular formula is C6H7BrN4O4. The van der Waals surface area contributed by atoms with Crippen LogP contribution in [0, 0.1) is 10.1 Å². The fourth-order valence-corrected chi connectivity index (χ4v) is 1.18. The first kappa shape index (κ1) is 11.6. The molecule has 0 unspecified atom stereocenters. The summed E-state index contributed by atoms with van der Waals surface area (Å²) in [5.74, 6) is -1.09. The number of halogens is 1. The van der Waals surface area contributed by atoms with Crippen molar-refractivity contribution in [3.05, 3.63) is 14.8 Å². The van der Waals surface area contributed by atoms with Crippen LogP contribution in [0.15, 0.2) is 4.73 Å². The Kier molecular flexibility index (Phi) is 3.72. The molecule has 0 amide bonds. The highest BCUT2D eigenvalue weighted by Gasteiger charge is 2.21. The number of aromatic nitrogens is 3. The number of nitrogens with zero attached hydrogens (tertiary/aromatic N) is 4. The molecule has 0 atom stereocenters. The van der Waals surface area contributed by atoms with Crippen LogP contribution < -0.4 is 0 Å². The highest BCUT2D eigenvalue weighted by molar-refractivity contribution is 9.10. The number of hydrogen-bond acceptors (Lipinski definition) is 6. The monoisotopic (exact) mass is 278 g/mol. The van der Waals surface area contributed by atoms with Gasteiger partial charge in [0.25, 0.3) is 4.73 Å². The summed E-state index contributed by atoms with van der Waals surface area (Å²) in [6.45, 7) is 1.69. The predicted octanol–water partition coefficient (Wildman–Crippen LogP) is 0.512. The first-order chi connectivity index (χ1) is 7.04. The van der Waals surface area contributed by atoms with Gasteiger partial charge in [-0.3, -0.25) is 0 Å². The molecule has 0 aliphatic rings. The van der Waals surface area contributed by atoms with E-state index >= 15 is 0 Å². The van der Waals surface area contributed by atoms with Gasteiger partial charge in [0.15, 0.2) is 6.54 Å². The van der Waals surface area contributed by atoms with Crippen LogP contribution >= 0.6 is 15.9 Å². The Morgan fingerprint density at radius 3 is 2.87 bits per heavy atom. The second kappa shape index (κ2) is 4.82. The summed E-state index contributed by atoms with van der Waals surface area (Å²) in [5.41, 5.74) is 0. The topological polar surface area (TPSA) is 100 Å². The van der Waals surface area contributed by atoms with Gasteiger partial charge in [0.2, 0.25) is 0 Å². The van der Waals surface area contributed by atoms with Gasteiger partial charge in [0.1, 0.15) is 0 Å². The number of carbonyl (C=O) groups excluding carboxylic acids is 1. The van der Waals surface area contributed by atoms with E-state index in [9.17, 15) is 14.9 Å². The summed E-state index contributed by atoms with van der Waals surface area (Å²) in [7, 11) is 0. The van der Waals surface area contributed by atoms with Crippen molar-refractivity contribution in [2.45, 2.75) is 13.5 Å². The van der Waals surface area contributed by atoms with E-state index in [0.717, 1.165) is 4.68 Å². The Balaban J connectivity index is 2.77. The molecule has 0 saturated carbocycles. The van der Waals surface area contributed by atoms with Gasteiger partial charge in [0, 0.05) is 21.0 Å². The van der Waals surface area contributed by atoms with Gasteiger partial charge in [0.05, 0.1) is 6.61 Å². The number of ether oxygens (including phenoxy) is 1. The molecule has 15 heavy (non-hydrogen) atoms. The average Bonchev–Trinajstić information content (AvgIpc) is 2.48. The minimum atomic E-state index is -0.744. The van der Waals surface area contributed by atoms with Crippen molar-refractivity contribution in [1.82, 2.24) is 14.8 Å². The molecule has 9 heteroatoms. The molecule has 1 rings (SSSR count). The minimum Gasteiger partial charge on any atom is -0.465 e. The molecule has 0 aliphatic heterocycles. The van der Waals surface area contributed by atoms with Crippen molar-refractivity contribution >= 4 is 27.8 Å². The molecule has 0 bridgehead atoms. The lowest BCUT2D eigenvalue weighted by Crippen LogP contribution is -2.14. The maximum Gasteiger partial charge on any atom is 0.492 e. The van der Waals surface area contributed by atoms with Gasteiger partial charge in [-0.05, 0) is 16.8 Å². The normalized spacial score (nSPS) is 10.0. The highest BCUT2D eigenvalue weighted by Crippen LogP contribution is 2.11. The van der Waals surface area contributed by atoms with E-state index in [0.29, 0.717) is 0 Å². The maximum atomic E-state index is 11.0. The summed E-state index contributed by atoms with van der Waals surface area (Å²) in [4.78, 5) is 24.1. The molecule has 0 fully saturated rings. The molecule has 0 aliphatic carbocycles. The third-order valence-corrected chi connectivity index (χ3v) is 1.95. The summed E-state index contributed by atoms with van der Waals surface area (Å²) in [6.07, 6.45) is 0. The Bertz CT molecular complexity index is 390. The van der Waals surface area contributed by atoms with Crippen molar-refractivity contribution in [2.24, 2.45) is 0 Å². The first-order valence-corrected chi connectivity index (χ1v) is 4.74. The zero-order chi connectivity index (χ0) is 11.4. The molecule has 0 N–H and O–H groups in total. The number of hydrogen-bond donors (Lipinski definition) is 0. The third kappa shape index (κ3) is 2.98. The van der Waals surface area contributed by atoms with Crippen LogP contribution in [0.1, 0.15) is 6.92 Å². The zero-order valence-corrected chi connectivity index (χ0v) is 9.30. The SMILES string of the molecule is CCOC(=O)Cn1nc([N+](=O)[O-])nc1Br. The number of rotatable bonds is 4. The van der Waals surface area contributed by atoms with Crippen LogP contribution in [0.2, 0.25) is 0 Å². The van der Waals surface area contributed by atoms with Crippen LogP contribution in [0.4, 0.5) is 5.95 Å². The van der Waals surface area contributed by atoms with Crippen molar-refractivity contribution in [2.75, 3.05) is 6.61 Å². The molecule has 0 radical (unpaired) electrons. The van der Waals surface area contributed by atoms with Crippen LogP contribution in [0.25, 0.3) is 0 Å². The molecule has 1 aromatic heterocycles. The van der Waals surface area contributed by atoms with Gasteiger partial charge in [-0.15, -0.1) is 4.68 Å². The van der Waals surface area contributed by atoms with Gasteiger partial charge < -0.3 is 14.9 Å². The predicted molar refractivity (Wildman–Crippen MR) is 51.0 cm³/mol. The molecule has 82 valence electrons. The van der Waals surface area contributed by atoms with E-state index < -0.39 is 16.8 Å². The largest absolute Gasteiger partial charge is 0.492 e. The van der Waals surface area contributed by atoms with E-state index in [1.54, 1.807) is 6.92 Å². The second-order valence-electron chi connectivity index (χ2n) is 2.40. The molecule has 0 aromatic carbocycles. The van der Waals surface area contributed by atoms with Crippen molar-refractivity contribution in [3.8, 4) is 0 Å². The molecule has 1 aromatic rings. The zero-order valence-electron chi connectivity index (χ0n) is 7.71. The van der Waals surface area contributed by atoms with Crippen molar-refractivity contribution in [1.29, 1.82) is 0 Å². The lowest BCUT2D eigenvalue weighted by molar-refractivity contribution is -0.394. The van der Waals surface area contributed by atoms with E-state index in [1.165, 1.54) is 0 Å². The smallest absolute Gasteiger partial charge is 0.465 e. The van der Waals surface area contributed by atoms with E-state index in [2.05, 4.69) is 30.7 Å². The van der Waals surface area contributed by atoms with Crippen LogP contribution in [0.3, 0.4) is 0 Å². The average molecular weight is 279 g/mol. The fraction of sp³-hybridized carbons (Fsp3) is 0.500. The quantitative estimate of drug-likeness (QED) is 0.452. The summed E-state index contributed by atoms with van der Waals surface area (Å²) >= 11 is 2.94. The van der Waals surface area contributed by atoms with E-state index in [-0.39, 0.29) is 17.9 Å². The fourth-order valence-electron chi connectivity index (χ4n) is 0.819. The molecule has 1 heterocycles. The van der Waals surface area contributed by atoms with Crippen LogP contribution in [-0.2, 0) is 16.1 Å². The third-order valence-electron chi connectivity index (χ3n) is 1.36. The molecular weight excluding hydrogens is 272 g/mol. The summed E-state index contributed by atoms with van der Waals surface area (Å²) in [5, 5.41) is 13.8. The van der Waals surface area contributed by atoms with Gasteiger partial charge in [-0.2, -0.15) is 0 Å². The number of nitro groups is 1. The van der Waals surface area contributed by atoms with Crippen molar-refractivity contribution < 1.29 is 14.5 Å². The van der Waals surface area contributed by atoms with Gasteiger partial charge in [-0.1, -0.05) is 0 Å². The van der Waals surface area contributed by atoms with Crippen LogP contribution in [-0.4, -0.2) is 32.3 Å². The van der Waals surface area contributed by atoms with Crippen LogP contribution in [0.5, 0.6) is 0 Å². The Morgan fingerprint density at radius 2 is 2.40 bits per heavy atom. The molecule has 0 saturated heterocycles. The first-order valence-electron chi connectivity index (χ1n) is 3.95. The van der Waals surface area contributed by atoms with E-state index in [4.69, 9.17) is 0 Å². The minimum absolute atomic E-state index is 0.113. The highest BCUT2D eigenvalue weighted by atomic mass is 79.9. The Labute approximate surface area is 92.5 Å². The molecule has 0 spiro atoms. The van der Waals surface area contributed by atoms with E-state index in [1.807, 2.05) is 0 Å². The lowest BCUT2D eigenvalue weighted by Gasteiger charge is -1.98. The standard InChI is InChI=1S/C6H7BrN4O4/c1-2-15-4(12)3-10-5(7)8-6(9-10)11(13)14/h2-3H2,1H3. The Morgan fingerprint density at radius 1 is 1.73 bits per heavy atom. The molecule has 8 nitrogen and oxygen atoms in total. The summed E-state index contributed by atoms with van der Waals surface area (Å²) in [6, 6.07) is 0. The maximum absolute atomic E-state index is 11.0. The second-order valence-corrected chi connectivity index (χ2v) is 3.11. The Hall–Kier alpha value is -1.51. The van der Waals surface area contributed by atoms with Gasteiger partial charge in [-0.25, -0.2) is 4.79 Å². The number of carbonyl (C=O) groups is 1. The number of esters is 1. The summed E-state index contributed by atoms with van der Waals surface area (Å²) < 4.78 is 5.82. The van der Waals surface area contributed by atoms with Crippen molar-refractivity contribution in [3.63, 3.8) is 0 Å².